The fourth-order valence-electron chi connectivity index (χ4n) is 0.842. The van der Waals surface area contributed by atoms with Crippen molar-refractivity contribution in [3.63, 3.8) is 0 Å². The van der Waals surface area contributed by atoms with Crippen molar-refractivity contribution >= 4 is 37.4 Å². The highest BCUT2D eigenvalue weighted by Gasteiger charge is 2.04. The number of anilines is 1. The first-order valence-electron chi connectivity index (χ1n) is 3.40. The molecule has 0 saturated carbocycles. The van der Waals surface area contributed by atoms with Crippen LogP contribution in [0.25, 0.3) is 0 Å². The second-order valence-electron chi connectivity index (χ2n) is 2.56. The van der Waals surface area contributed by atoms with Crippen LogP contribution in [0.4, 0.5) is 5.69 Å². The van der Waals surface area contributed by atoms with E-state index in [1.807, 2.05) is 6.92 Å². The van der Waals surface area contributed by atoms with Gasteiger partial charge in [-0.05, 0) is 24.6 Å². The van der Waals surface area contributed by atoms with Gasteiger partial charge >= 0.3 is 0 Å². The van der Waals surface area contributed by atoms with Crippen LogP contribution in [0.2, 0.25) is 5.02 Å². The topological polar surface area (TPSA) is 49.3 Å². The molecule has 0 fully saturated rings. The van der Waals surface area contributed by atoms with Crippen LogP contribution in [0.15, 0.2) is 18.2 Å². The minimum absolute atomic E-state index is 0.370. The van der Waals surface area contributed by atoms with Crippen LogP contribution in [0.5, 0.6) is 0 Å². The van der Waals surface area contributed by atoms with Gasteiger partial charge in [-0.1, -0.05) is 17.7 Å². The zero-order chi connectivity index (χ0) is 10.1. The number of nitrogens with one attached hydrogen (secondary N) is 1. The average molecular weight is 238 g/mol. The highest BCUT2D eigenvalue weighted by atomic mass is 35.5. The molecule has 0 amide bonds. The summed E-state index contributed by atoms with van der Waals surface area (Å²) in [6, 6.07) is 5.07. The Hall–Kier alpha value is -0.360. The van der Waals surface area contributed by atoms with E-state index >= 15 is 0 Å². The Morgan fingerprint density at radius 3 is 2.69 bits per heavy atom. The minimum Gasteiger partial charge on any atom is -0.290 e. The number of hydrogen-bond donors (Lipinski definition) is 2. The van der Waals surface area contributed by atoms with Crippen molar-refractivity contribution in [1.29, 1.82) is 0 Å². The average Bonchev–Trinajstić information content (AvgIpc) is 1.93. The third-order valence-corrected chi connectivity index (χ3v) is 2.40. The largest absolute Gasteiger partial charge is 0.290 e. The van der Waals surface area contributed by atoms with Crippen LogP contribution in [0.1, 0.15) is 5.56 Å². The fourth-order valence-corrected chi connectivity index (χ4v) is 1.91. The van der Waals surface area contributed by atoms with Crippen molar-refractivity contribution in [2.45, 2.75) is 6.92 Å². The first-order valence-corrected chi connectivity index (χ1v) is 6.22. The number of hydrogen-bond acceptors (Lipinski definition) is 2. The highest BCUT2D eigenvalue weighted by Crippen LogP contribution is 2.23. The van der Waals surface area contributed by atoms with E-state index < -0.39 is 8.96 Å². The van der Waals surface area contributed by atoms with E-state index in [0.717, 1.165) is 5.56 Å². The van der Waals surface area contributed by atoms with Gasteiger partial charge in [0.25, 0.3) is 0 Å². The lowest BCUT2D eigenvalue weighted by Crippen LogP contribution is -2.09. The second kappa shape index (κ2) is 3.79. The Balaban J connectivity index is 3.04. The summed E-state index contributed by atoms with van der Waals surface area (Å²) < 4.78 is 21.9. The molecule has 3 nitrogen and oxygen atoms in total. The Kier molecular flexibility index (Phi) is 3.13. The van der Waals surface area contributed by atoms with Gasteiger partial charge in [-0.25, -0.2) is 4.21 Å². The normalized spacial score (nSPS) is 15.0. The molecule has 2 N–H and O–H groups in total. The lowest BCUT2D eigenvalue weighted by atomic mass is 10.2. The molecular formula is C7H8ClNO2S2. The molecule has 72 valence electrons. The Morgan fingerprint density at radius 1 is 1.62 bits per heavy atom. The van der Waals surface area contributed by atoms with Gasteiger partial charge in [-0.3, -0.25) is 9.27 Å². The van der Waals surface area contributed by atoms with Gasteiger partial charge in [0.05, 0.1) is 10.7 Å². The first-order chi connectivity index (χ1) is 5.88. The molecule has 0 heterocycles. The van der Waals surface area contributed by atoms with E-state index in [1.165, 1.54) is 0 Å². The van der Waals surface area contributed by atoms with Gasteiger partial charge in [-0.2, -0.15) is 0 Å². The SMILES string of the molecule is Cc1ccc(NS(=O)(O)=S)c(Cl)c1. The monoisotopic (exact) mass is 237 g/mol. The Morgan fingerprint density at radius 2 is 2.23 bits per heavy atom. The lowest BCUT2D eigenvalue weighted by molar-refractivity contribution is 0.567. The molecule has 6 heteroatoms. The van der Waals surface area contributed by atoms with E-state index in [0.29, 0.717) is 10.7 Å². The quantitative estimate of drug-likeness (QED) is 0.829. The smallest absolute Gasteiger partial charge is 0.229 e. The van der Waals surface area contributed by atoms with Crippen LogP contribution in [-0.4, -0.2) is 8.76 Å². The van der Waals surface area contributed by atoms with Crippen LogP contribution in [0, 0.1) is 6.92 Å². The predicted octanol–water partition coefficient (Wildman–Crippen LogP) is 2.19. The minimum atomic E-state index is -3.41. The van der Waals surface area contributed by atoms with Crippen LogP contribution in [0.3, 0.4) is 0 Å². The first kappa shape index (κ1) is 10.7. The molecule has 0 aliphatic carbocycles. The summed E-state index contributed by atoms with van der Waals surface area (Å²) in [5, 5.41) is 0.381. The van der Waals surface area contributed by atoms with Gasteiger partial charge in [0.15, 0.2) is 0 Å². The number of rotatable bonds is 2. The molecule has 13 heavy (non-hydrogen) atoms. The standard InChI is InChI=1S/C7H8ClNO2S2/c1-5-2-3-7(6(8)4-5)9-13(10,11)12/h2-4,9H,1H3,(H,10,11,12). The maximum Gasteiger partial charge on any atom is 0.229 e. The van der Waals surface area contributed by atoms with Crippen molar-refractivity contribution in [3.8, 4) is 0 Å². The van der Waals surface area contributed by atoms with E-state index in [9.17, 15) is 4.21 Å². The van der Waals surface area contributed by atoms with E-state index in [-0.39, 0.29) is 0 Å². The molecule has 1 rings (SSSR count). The molecule has 0 radical (unpaired) electrons. The summed E-state index contributed by atoms with van der Waals surface area (Å²) >= 11 is 10.1. The third-order valence-electron chi connectivity index (χ3n) is 1.36. The second-order valence-corrected chi connectivity index (χ2v) is 5.48. The molecular weight excluding hydrogens is 230 g/mol. The lowest BCUT2D eigenvalue weighted by Gasteiger charge is -2.06. The van der Waals surface area contributed by atoms with Gasteiger partial charge < -0.3 is 0 Å². The molecule has 0 aliphatic heterocycles. The van der Waals surface area contributed by atoms with E-state index in [4.69, 9.17) is 16.2 Å². The summed E-state index contributed by atoms with van der Waals surface area (Å²) in [6.45, 7) is 1.87. The molecule has 0 saturated heterocycles. The van der Waals surface area contributed by atoms with Crippen molar-refractivity contribution in [2.75, 3.05) is 4.72 Å². The predicted molar refractivity (Wildman–Crippen MR) is 57.9 cm³/mol. The zero-order valence-corrected chi connectivity index (χ0v) is 9.17. The highest BCUT2D eigenvalue weighted by molar-refractivity contribution is 8.30. The van der Waals surface area contributed by atoms with E-state index in [2.05, 4.69) is 15.9 Å². The fraction of sp³-hybridized carbons (Fsp3) is 0.143. The van der Waals surface area contributed by atoms with Crippen LogP contribution < -0.4 is 4.72 Å². The maximum atomic E-state index is 10.8. The molecule has 0 aromatic heterocycles. The number of halogens is 1. The van der Waals surface area contributed by atoms with Gasteiger partial charge in [0.1, 0.15) is 0 Å². The molecule has 1 aromatic carbocycles. The number of aryl methyl sites for hydroxylation is 1. The Labute approximate surface area is 86.7 Å². The number of benzene rings is 1. The van der Waals surface area contributed by atoms with Crippen molar-refractivity contribution in [2.24, 2.45) is 0 Å². The van der Waals surface area contributed by atoms with Crippen LogP contribution in [-0.2, 0) is 20.1 Å². The van der Waals surface area contributed by atoms with Crippen molar-refractivity contribution in [3.05, 3.63) is 28.8 Å². The molecule has 1 unspecified atom stereocenters. The maximum absolute atomic E-state index is 10.8. The molecule has 0 bridgehead atoms. The third kappa shape index (κ3) is 3.48. The summed E-state index contributed by atoms with van der Waals surface area (Å²) in [5.41, 5.74) is 1.35. The van der Waals surface area contributed by atoms with Gasteiger partial charge in [-0.15, -0.1) is 0 Å². The zero-order valence-electron chi connectivity index (χ0n) is 6.78. The van der Waals surface area contributed by atoms with Crippen LogP contribution >= 0.6 is 11.6 Å². The summed E-state index contributed by atoms with van der Waals surface area (Å²) in [4.78, 5) is 0. The summed E-state index contributed by atoms with van der Waals surface area (Å²) in [5.74, 6) is 0. The van der Waals surface area contributed by atoms with Crippen molar-refractivity contribution in [1.82, 2.24) is 0 Å². The molecule has 1 aromatic rings. The summed E-state index contributed by atoms with van der Waals surface area (Å²) in [7, 11) is -3.41. The van der Waals surface area contributed by atoms with E-state index in [1.54, 1.807) is 18.2 Å². The Bertz CT molecular complexity index is 417. The molecule has 0 aliphatic rings. The van der Waals surface area contributed by atoms with Gasteiger partial charge in [0.2, 0.25) is 8.96 Å². The summed E-state index contributed by atoms with van der Waals surface area (Å²) in [6.07, 6.45) is 0. The van der Waals surface area contributed by atoms with Gasteiger partial charge in [0, 0.05) is 11.2 Å². The molecule has 1 atom stereocenters. The van der Waals surface area contributed by atoms with Crippen molar-refractivity contribution < 1.29 is 8.76 Å². The molecule has 0 spiro atoms.